The predicted octanol–water partition coefficient (Wildman–Crippen LogP) is 3.71. The van der Waals surface area contributed by atoms with Gasteiger partial charge in [-0.15, -0.1) is 11.3 Å². The number of ether oxygens (including phenoxy) is 2. The zero-order valence-corrected chi connectivity index (χ0v) is 22.2. The van der Waals surface area contributed by atoms with Gasteiger partial charge in [0, 0.05) is 35.3 Å². The normalized spacial score (nSPS) is 15.6. The first-order valence-electron chi connectivity index (χ1n) is 11.6. The lowest BCUT2D eigenvalue weighted by atomic mass is 10.0. The number of rotatable bonds is 8. The minimum absolute atomic E-state index is 0.198. The Morgan fingerprint density at radius 3 is 2.63 bits per heavy atom. The zero-order valence-electron chi connectivity index (χ0n) is 20.5. The lowest BCUT2D eigenvalue weighted by Gasteiger charge is -2.23. The molecule has 1 aromatic carbocycles. The molecule has 0 saturated heterocycles. The Kier molecular flexibility index (Phi) is 7.57. The number of carbonyl (C=O) groups is 1. The molecule has 1 atom stereocenters. The third-order valence-electron chi connectivity index (χ3n) is 5.96. The molecule has 0 amide bonds. The van der Waals surface area contributed by atoms with Crippen LogP contribution in [0.2, 0.25) is 0 Å². The fourth-order valence-electron chi connectivity index (χ4n) is 4.25. The van der Waals surface area contributed by atoms with Crippen molar-refractivity contribution in [3.63, 3.8) is 0 Å². The van der Waals surface area contributed by atoms with Crippen LogP contribution < -0.4 is 24.5 Å². The molecule has 2 aromatic heterocycles. The quantitative estimate of drug-likeness (QED) is 0.431. The molecule has 184 valence electrons. The molecule has 1 aliphatic heterocycles. The molecule has 0 fully saturated rings. The molecule has 9 heteroatoms. The van der Waals surface area contributed by atoms with Crippen molar-refractivity contribution >= 4 is 40.4 Å². The molecule has 0 unspecified atom stereocenters. The zero-order chi connectivity index (χ0) is 25.1. The first-order valence-corrected chi connectivity index (χ1v) is 13.3. The van der Waals surface area contributed by atoms with Crippen molar-refractivity contribution in [2.75, 3.05) is 31.7 Å². The van der Waals surface area contributed by atoms with Crippen LogP contribution in [0.3, 0.4) is 0 Å². The van der Waals surface area contributed by atoms with Gasteiger partial charge in [-0.2, -0.15) is 0 Å². The van der Waals surface area contributed by atoms with E-state index < -0.39 is 12.0 Å². The van der Waals surface area contributed by atoms with Crippen molar-refractivity contribution in [2.45, 2.75) is 33.7 Å². The highest BCUT2D eigenvalue weighted by Crippen LogP contribution is 2.33. The molecule has 35 heavy (non-hydrogen) atoms. The number of hydrogen-bond donors (Lipinski definition) is 0. The van der Waals surface area contributed by atoms with Gasteiger partial charge in [0.2, 0.25) is 0 Å². The number of hydrogen-bond acceptors (Lipinski definition) is 8. The number of aromatic nitrogens is 1. The van der Waals surface area contributed by atoms with Gasteiger partial charge in [0.1, 0.15) is 11.8 Å². The van der Waals surface area contributed by atoms with E-state index in [0.29, 0.717) is 26.4 Å². The smallest absolute Gasteiger partial charge is 0.338 e. The molecular formula is C26H29N3O4S2. The Morgan fingerprint density at radius 1 is 1.23 bits per heavy atom. The third-order valence-corrected chi connectivity index (χ3v) is 7.87. The maximum absolute atomic E-state index is 13.7. The van der Waals surface area contributed by atoms with E-state index in [4.69, 9.17) is 9.47 Å². The molecule has 0 N–H and O–H groups in total. The van der Waals surface area contributed by atoms with E-state index in [-0.39, 0.29) is 12.2 Å². The number of carbonyl (C=O) groups excluding carboxylic acids is 1. The Balaban J connectivity index is 1.88. The Labute approximate surface area is 212 Å². The summed E-state index contributed by atoms with van der Waals surface area (Å²) in [5, 5.41) is 1.94. The summed E-state index contributed by atoms with van der Waals surface area (Å²) in [4.78, 5) is 34.9. The van der Waals surface area contributed by atoms with Gasteiger partial charge in [-0.3, -0.25) is 9.36 Å². The number of methoxy groups -OCH3 is 1. The molecule has 0 aliphatic carbocycles. The summed E-state index contributed by atoms with van der Waals surface area (Å²) in [6.07, 6.45) is 1.84. The van der Waals surface area contributed by atoms with Crippen molar-refractivity contribution in [3.05, 3.63) is 77.1 Å². The van der Waals surface area contributed by atoms with Gasteiger partial charge >= 0.3 is 5.97 Å². The summed E-state index contributed by atoms with van der Waals surface area (Å²) in [5.74, 6) is 0.244. The summed E-state index contributed by atoms with van der Waals surface area (Å²) >= 11 is 2.81. The van der Waals surface area contributed by atoms with E-state index in [1.54, 1.807) is 25.5 Å². The number of esters is 1. The van der Waals surface area contributed by atoms with Crippen molar-refractivity contribution in [2.24, 2.45) is 4.99 Å². The minimum atomic E-state index is -0.570. The molecule has 0 saturated carbocycles. The van der Waals surface area contributed by atoms with E-state index in [1.807, 2.05) is 41.8 Å². The number of thiophene rings is 1. The number of thiazole rings is 1. The van der Waals surface area contributed by atoms with Gasteiger partial charge in [0.25, 0.3) is 5.56 Å². The minimum Gasteiger partial charge on any atom is -0.496 e. The number of benzene rings is 1. The van der Waals surface area contributed by atoms with Gasteiger partial charge in [0.05, 0.1) is 29.5 Å². The van der Waals surface area contributed by atoms with Crippen molar-refractivity contribution in [1.82, 2.24) is 4.57 Å². The molecule has 1 aliphatic rings. The topological polar surface area (TPSA) is 73.1 Å². The second-order valence-corrected chi connectivity index (χ2v) is 9.90. The van der Waals surface area contributed by atoms with Crippen molar-refractivity contribution < 1.29 is 14.3 Å². The van der Waals surface area contributed by atoms with Gasteiger partial charge in [-0.1, -0.05) is 17.4 Å². The first-order chi connectivity index (χ1) is 16.9. The molecule has 3 heterocycles. The summed E-state index contributed by atoms with van der Waals surface area (Å²) in [7, 11) is 1.63. The molecule has 0 spiro atoms. The summed E-state index contributed by atoms with van der Waals surface area (Å²) in [6.45, 7) is 9.81. The highest BCUT2D eigenvalue weighted by Gasteiger charge is 2.33. The van der Waals surface area contributed by atoms with Gasteiger partial charge < -0.3 is 14.4 Å². The molecule has 4 rings (SSSR count). The number of fused-ring (bicyclic) bond motifs is 1. The van der Waals surface area contributed by atoms with Gasteiger partial charge in [0.15, 0.2) is 4.80 Å². The Hall–Kier alpha value is -3.17. The second kappa shape index (κ2) is 10.6. The summed E-state index contributed by atoms with van der Waals surface area (Å²) < 4.78 is 13.1. The second-order valence-electron chi connectivity index (χ2n) is 7.92. The maximum Gasteiger partial charge on any atom is 0.338 e. The first kappa shape index (κ1) is 24.9. The Bertz CT molecular complexity index is 1430. The number of allylic oxidation sites excluding steroid dienone is 1. The fraction of sp³-hybridized carbons (Fsp3) is 0.346. The van der Waals surface area contributed by atoms with E-state index in [0.717, 1.165) is 29.2 Å². The van der Waals surface area contributed by atoms with E-state index in [2.05, 4.69) is 23.7 Å². The van der Waals surface area contributed by atoms with Crippen LogP contribution >= 0.6 is 22.7 Å². The summed E-state index contributed by atoms with van der Waals surface area (Å²) in [6, 6.07) is 9.27. The van der Waals surface area contributed by atoms with Crippen LogP contribution in [0.4, 0.5) is 5.69 Å². The molecule has 0 radical (unpaired) electrons. The predicted molar refractivity (Wildman–Crippen MR) is 141 cm³/mol. The van der Waals surface area contributed by atoms with Gasteiger partial charge in [-0.25, -0.2) is 9.79 Å². The van der Waals surface area contributed by atoms with Gasteiger partial charge in [-0.05, 0) is 57.4 Å². The monoisotopic (exact) mass is 511 g/mol. The van der Waals surface area contributed by atoms with E-state index in [9.17, 15) is 9.59 Å². The van der Waals surface area contributed by atoms with Crippen LogP contribution in [0, 0.1) is 0 Å². The van der Waals surface area contributed by atoms with Crippen LogP contribution in [0.1, 0.15) is 44.2 Å². The van der Waals surface area contributed by atoms with Crippen LogP contribution in [0.15, 0.2) is 56.8 Å². The van der Waals surface area contributed by atoms with Crippen LogP contribution in [0.5, 0.6) is 5.75 Å². The number of anilines is 1. The molecule has 3 aromatic rings. The lowest BCUT2D eigenvalue weighted by Crippen LogP contribution is -2.39. The average molecular weight is 512 g/mol. The van der Waals surface area contributed by atoms with Crippen LogP contribution in [-0.2, 0) is 9.53 Å². The average Bonchev–Trinajstić information content (AvgIpc) is 3.48. The molecule has 7 nitrogen and oxygen atoms in total. The summed E-state index contributed by atoms with van der Waals surface area (Å²) in [5.41, 5.74) is 2.64. The van der Waals surface area contributed by atoms with Crippen molar-refractivity contribution in [1.29, 1.82) is 0 Å². The third kappa shape index (κ3) is 4.70. The fourth-order valence-corrected chi connectivity index (χ4v) is 6.11. The lowest BCUT2D eigenvalue weighted by molar-refractivity contribution is -0.139. The van der Waals surface area contributed by atoms with E-state index in [1.165, 1.54) is 22.7 Å². The highest BCUT2D eigenvalue weighted by molar-refractivity contribution is 7.10. The van der Waals surface area contributed by atoms with Crippen LogP contribution in [-0.4, -0.2) is 37.3 Å². The largest absolute Gasteiger partial charge is 0.496 e. The molecule has 0 bridgehead atoms. The SMILES string of the molecule is CCOC(=O)C1=C(C)N=c2s/c(=C\c3ccc(N(CC)CC)cc3OC)c(=O)n2[C@@H]1c1cccs1. The Morgan fingerprint density at radius 2 is 2.00 bits per heavy atom. The highest BCUT2D eigenvalue weighted by atomic mass is 32.1. The standard InChI is InChI=1S/C26H29N3O4S2/c1-6-28(7-2)18-12-11-17(19(15-18)32-5)14-21-24(30)29-23(20-10-9-13-34-20)22(25(31)33-8-3)16(4)27-26(29)35-21/h9-15,23H,6-8H2,1-5H3/b21-14-/t23-/m1/s1. The number of nitrogens with zero attached hydrogens (tertiary/aromatic N) is 3. The van der Waals surface area contributed by atoms with Crippen molar-refractivity contribution in [3.8, 4) is 5.75 Å². The van der Waals surface area contributed by atoms with E-state index >= 15 is 0 Å². The molecular weight excluding hydrogens is 482 g/mol. The maximum atomic E-state index is 13.7. The van der Waals surface area contributed by atoms with Crippen LogP contribution in [0.25, 0.3) is 6.08 Å².